The Hall–Kier alpha value is -3.52. The molecule has 192 valence electrons. The van der Waals surface area contributed by atoms with Crippen molar-refractivity contribution in [1.82, 2.24) is 10.3 Å². The average Bonchev–Trinajstić information content (AvgIpc) is 3.59. The van der Waals surface area contributed by atoms with E-state index in [1.807, 2.05) is 0 Å². The lowest BCUT2D eigenvalue weighted by atomic mass is 10.2. The van der Waals surface area contributed by atoms with Crippen LogP contribution in [0.2, 0.25) is 0 Å². The molecule has 36 heavy (non-hydrogen) atoms. The molecule has 0 radical (unpaired) electrons. The van der Waals surface area contributed by atoms with Crippen LogP contribution in [0.15, 0.2) is 33.3 Å². The Morgan fingerprint density at radius 1 is 0.944 bits per heavy atom. The number of aromatic carboxylic acids is 1. The summed E-state index contributed by atoms with van der Waals surface area (Å²) in [5.41, 5.74) is 0.437. The second kappa shape index (κ2) is 11.5. The molecular formula is C22H18F4N2O6S2. The number of aromatic nitrogens is 2. The summed E-state index contributed by atoms with van der Waals surface area (Å²) < 4.78 is 64.4. The minimum Gasteiger partial charge on any atom is -0.477 e. The molecule has 0 spiro atoms. The number of thiophene rings is 2. The van der Waals surface area contributed by atoms with Gasteiger partial charge in [0.2, 0.25) is 5.76 Å². The molecular weight excluding hydrogens is 528 g/mol. The molecule has 4 heterocycles. The highest BCUT2D eigenvalue weighted by molar-refractivity contribution is 7.17. The lowest BCUT2D eigenvalue weighted by Crippen LogP contribution is -2.01. The van der Waals surface area contributed by atoms with E-state index in [4.69, 9.17) is 14.4 Å². The summed E-state index contributed by atoms with van der Waals surface area (Å²) in [5, 5.41) is 15.7. The van der Waals surface area contributed by atoms with Crippen LogP contribution < -0.4 is 0 Å². The average molecular weight is 547 g/mol. The normalized spacial score (nSPS) is 11.0. The van der Waals surface area contributed by atoms with E-state index in [2.05, 4.69) is 14.8 Å². The molecule has 0 atom stereocenters. The van der Waals surface area contributed by atoms with E-state index in [-0.39, 0.29) is 28.4 Å². The van der Waals surface area contributed by atoms with Gasteiger partial charge in [0.15, 0.2) is 11.5 Å². The van der Waals surface area contributed by atoms with Gasteiger partial charge in [-0.1, -0.05) is 10.3 Å². The summed E-state index contributed by atoms with van der Waals surface area (Å²) in [6.07, 6.45) is -5.41. The van der Waals surface area contributed by atoms with Gasteiger partial charge in [0.25, 0.3) is 12.9 Å². The number of carbonyl (C=O) groups is 2. The zero-order valence-electron chi connectivity index (χ0n) is 18.9. The summed E-state index contributed by atoms with van der Waals surface area (Å²) in [4.78, 5) is 23.8. The van der Waals surface area contributed by atoms with Crippen molar-refractivity contribution in [3.05, 3.63) is 56.6 Å². The van der Waals surface area contributed by atoms with Gasteiger partial charge in [0.05, 0.1) is 16.4 Å². The lowest BCUT2D eigenvalue weighted by molar-refractivity contribution is 0.0531. The number of carboxylic acid groups (broad SMARTS) is 1. The topological polar surface area (TPSA) is 116 Å². The van der Waals surface area contributed by atoms with Crippen molar-refractivity contribution >= 4 is 34.6 Å². The molecule has 4 aromatic rings. The maximum atomic E-state index is 12.6. The van der Waals surface area contributed by atoms with Crippen molar-refractivity contribution in [1.29, 1.82) is 0 Å². The first-order valence-corrected chi connectivity index (χ1v) is 11.8. The Bertz CT molecular complexity index is 1360. The Morgan fingerprint density at radius 3 is 2.11 bits per heavy atom. The molecule has 1 N–H and O–H groups in total. The van der Waals surface area contributed by atoms with E-state index in [0.29, 0.717) is 20.3 Å². The highest BCUT2D eigenvalue weighted by atomic mass is 32.1. The quantitative estimate of drug-likeness (QED) is 0.192. The Balaban J connectivity index is 0.000000202. The minimum absolute atomic E-state index is 0.120. The number of nitrogens with zero attached hydrogens (tertiary/aromatic N) is 2. The smallest absolute Gasteiger partial charge is 0.348 e. The van der Waals surface area contributed by atoms with Crippen molar-refractivity contribution < 1.29 is 46.0 Å². The first-order valence-electron chi connectivity index (χ1n) is 10.1. The van der Waals surface area contributed by atoms with Crippen LogP contribution in [-0.4, -0.2) is 34.0 Å². The summed E-state index contributed by atoms with van der Waals surface area (Å²) >= 11 is 2.09. The molecule has 0 aromatic carbocycles. The molecule has 0 aliphatic heterocycles. The molecule has 0 bridgehead atoms. The van der Waals surface area contributed by atoms with Crippen LogP contribution in [0.1, 0.15) is 61.7 Å². The zero-order valence-corrected chi connectivity index (χ0v) is 20.5. The van der Waals surface area contributed by atoms with Gasteiger partial charge in [-0.25, -0.2) is 27.2 Å². The van der Waals surface area contributed by atoms with Crippen LogP contribution >= 0.6 is 22.7 Å². The molecule has 0 saturated heterocycles. The van der Waals surface area contributed by atoms with Crippen LogP contribution in [0, 0.1) is 13.8 Å². The fraction of sp³-hybridized carbons (Fsp3) is 0.273. The molecule has 0 aliphatic rings. The largest absolute Gasteiger partial charge is 0.477 e. The molecule has 14 heteroatoms. The highest BCUT2D eigenvalue weighted by Crippen LogP contribution is 2.35. The number of alkyl halides is 4. The predicted octanol–water partition coefficient (Wildman–Crippen LogP) is 7.17. The highest BCUT2D eigenvalue weighted by Gasteiger charge is 2.23. The number of ether oxygens (including phenoxy) is 1. The maximum absolute atomic E-state index is 12.6. The van der Waals surface area contributed by atoms with Gasteiger partial charge in [0, 0.05) is 11.1 Å². The number of hydrogen-bond donors (Lipinski definition) is 1. The molecule has 4 rings (SSSR count). The van der Waals surface area contributed by atoms with E-state index >= 15 is 0 Å². The Labute approximate surface area is 209 Å². The second-order valence-electron chi connectivity index (χ2n) is 7.00. The van der Waals surface area contributed by atoms with Gasteiger partial charge in [-0.2, -0.15) is 0 Å². The third kappa shape index (κ3) is 5.82. The molecule has 4 aromatic heterocycles. The maximum Gasteiger partial charge on any atom is 0.348 e. The van der Waals surface area contributed by atoms with Gasteiger partial charge < -0.3 is 18.9 Å². The van der Waals surface area contributed by atoms with Gasteiger partial charge in [-0.15, -0.1) is 22.7 Å². The number of halogens is 4. The monoisotopic (exact) mass is 546 g/mol. The number of carbonyl (C=O) groups excluding carboxylic acids is 1. The Morgan fingerprint density at radius 2 is 1.58 bits per heavy atom. The van der Waals surface area contributed by atoms with E-state index in [9.17, 15) is 27.2 Å². The number of rotatable bonds is 7. The first kappa shape index (κ1) is 27.1. The van der Waals surface area contributed by atoms with Crippen LogP contribution in [0.3, 0.4) is 0 Å². The zero-order chi connectivity index (χ0) is 26.6. The van der Waals surface area contributed by atoms with E-state index in [0.717, 1.165) is 22.7 Å². The molecule has 0 amide bonds. The summed E-state index contributed by atoms with van der Waals surface area (Å²) in [6.45, 7) is 4.97. The summed E-state index contributed by atoms with van der Waals surface area (Å²) in [6, 6.07) is 6.12. The summed E-state index contributed by atoms with van der Waals surface area (Å²) in [7, 11) is 0. The third-order valence-corrected chi connectivity index (χ3v) is 6.83. The van der Waals surface area contributed by atoms with E-state index < -0.39 is 36.2 Å². The molecule has 0 saturated carbocycles. The van der Waals surface area contributed by atoms with Crippen LogP contribution in [0.25, 0.3) is 21.2 Å². The van der Waals surface area contributed by atoms with Crippen molar-refractivity contribution in [3.8, 4) is 21.2 Å². The van der Waals surface area contributed by atoms with Gasteiger partial charge >= 0.3 is 11.9 Å². The van der Waals surface area contributed by atoms with E-state index in [1.165, 1.54) is 26.0 Å². The fourth-order valence-electron chi connectivity index (χ4n) is 2.92. The minimum atomic E-state index is -2.70. The van der Waals surface area contributed by atoms with Gasteiger partial charge in [0.1, 0.15) is 15.4 Å². The number of carboxylic acids is 1. The number of esters is 1. The summed E-state index contributed by atoms with van der Waals surface area (Å²) in [5.74, 6) is -1.75. The second-order valence-corrected chi connectivity index (χ2v) is 9.16. The van der Waals surface area contributed by atoms with Crippen LogP contribution in [0.5, 0.6) is 0 Å². The molecule has 0 aliphatic carbocycles. The van der Waals surface area contributed by atoms with Gasteiger partial charge in [-0.05, 0) is 45.0 Å². The number of hydrogen-bond acceptors (Lipinski definition) is 9. The third-order valence-electron chi connectivity index (χ3n) is 4.68. The molecule has 8 nitrogen and oxygen atoms in total. The fourth-order valence-corrected chi connectivity index (χ4v) is 4.73. The molecule has 0 unspecified atom stereocenters. The van der Waals surface area contributed by atoms with E-state index in [1.54, 1.807) is 19.1 Å². The predicted molar refractivity (Wildman–Crippen MR) is 122 cm³/mol. The van der Waals surface area contributed by atoms with Crippen LogP contribution in [-0.2, 0) is 4.74 Å². The van der Waals surface area contributed by atoms with Crippen molar-refractivity contribution in [2.75, 3.05) is 6.61 Å². The van der Waals surface area contributed by atoms with Crippen molar-refractivity contribution in [2.24, 2.45) is 0 Å². The van der Waals surface area contributed by atoms with Crippen LogP contribution in [0.4, 0.5) is 17.6 Å². The Kier molecular flexibility index (Phi) is 8.63. The lowest BCUT2D eigenvalue weighted by Gasteiger charge is -1.97. The SMILES string of the molecule is CCOC(=O)c1ccc(-c2noc(C(F)F)c2C)s1.Cc1c(C(F)F)noc1-c1ccc(C(=O)O)s1. The van der Waals surface area contributed by atoms with Gasteiger partial charge in [-0.3, -0.25) is 0 Å². The first-order chi connectivity index (χ1) is 17.0. The standard InChI is InChI=1S/C12H11F2NO3S.C10H7F2NO3S/c1-3-17-12(16)8-5-4-7(19-8)9-6(2)10(11(13)14)18-15-9;1-4-7(9(11)12)13-16-8(4)5-2-3-6(17-5)10(14)15/h4-5,11H,3H2,1-2H3;2-3,9H,1H3,(H,14,15). The molecule has 0 fully saturated rings. The van der Waals surface area contributed by atoms with Crippen molar-refractivity contribution in [2.45, 2.75) is 33.6 Å². The van der Waals surface area contributed by atoms with Crippen molar-refractivity contribution in [3.63, 3.8) is 0 Å².